The van der Waals surface area contributed by atoms with Crippen molar-refractivity contribution in [1.82, 2.24) is 0 Å². The maximum absolute atomic E-state index is 12.7. The highest BCUT2D eigenvalue weighted by atomic mass is 16.6. The second-order valence-corrected chi connectivity index (χ2v) is 18.3. The first-order valence-corrected chi connectivity index (χ1v) is 25.9. The summed E-state index contributed by atoms with van der Waals surface area (Å²) in [5.41, 5.74) is 0. The molecule has 0 bridgehead atoms. The minimum absolute atomic E-state index is 0.0634. The van der Waals surface area contributed by atoms with Crippen LogP contribution in [-0.2, 0) is 28.6 Å². The Morgan fingerprint density at radius 3 is 0.845 bits per heavy atom. The Morgan fingerprint density at radius 2 is 0.569 bits per heavy atom. The molecule has 0 saturated carbocycles. The van der Waals surface area contributed by atoms with Crippen LogP contribution in [0.25, 0.3) is 0 Å². The number of rotatable bonds is 47. The Morgan fingerprint density at radius 1 is 0.328 bits per heavy atom. The summed E-state index contributed by atoms with van der Waals surface area (Å²) in [5, 5.41) is 0. The van der Waals surface area contributed by atoms with Crippen LogP contribution >= 0.6 is 0 Å². The largest absolute Gasteiger partial charge is 0.462 e. The van der Waals surface area contributed by atoms with Gasteiger partial charge in [0.1, 0.15) is 13.2 Å². The van der Waals surface area contributed by atoms with Gasteiger partial charge in [-0.15, -0.1) is 0 Å². The van der Waals surface area contributed by atoms with Gasteiger partial charge in [-0.2, -0.15) is 0 Å². The Bertz CT molecular complexity index is 872. The third kappa shape index (κ3) is 45.5. The molecule has 0 aromatic carbocycles. The molecule has 0 radical (unpaired) electrons. The second kappa shape index (κ2) is 46.5. The van der Waals surface area contributed by atoms with E-state index in [1.165, 1.54) is 186 Å². The van der Waals surface area contributed by atoms with E-state index in [1.54, 1.807) is 0 Å². The van der Waals surface area contributed by atoms with Crippen molar-refractivity contribution in [3.63, 3.8) is 0 Å². The molecule has 6 heteroatoms. The van der Waals surface area contributed by atoms with Crippen molar-refractivity contribution in [1.29, 1.82) is 0 Å². The molecule has 344 valence electrons. The minimum atomic E-state index is -0.759. The smallest absolute Gasteiger partial charge is 0.306 e. The molecule has 0 heterocycles. The summed E-state index contributed by atoms with van der Waals surface area (Å²) in [6, 6.07) is 0. The Kier molecular flexibility index (Phi) is 45.2. The van der Waals surface area contributed by atoms with Crippen LogP contribution in [0.15, 0.2) is 0 Å². The van der Waals surface area contributed by atoms with Crippen LogP contribution in [0.4, 0.5) is 0 Å². The molecule has 0 aliphatic carbocycles. The topological polar surface area (TPSA) is 78.9 Å². The predicted molar refractivity (Wildman–Crippen MR) is 247 cm³/mol. The first-order chi connectivity index (χ1) is 28.4. The number of hydrogen-bond donors (Lipinski definition) is 0. The number of esters is 3. The first-order valence-electron chi connectivity index (χ1n) is 25.9. The number of carbonyl (C=O) groups is 3. The molecule has 0 spiro atoms. The van der Waals surface area contributed by atoms with Crippen LogP contribution in [-0.4, -0.2) is 37.2 Å². The Labute approximate surface area is 361 Å². The van der Waals surface area contributed by atoms with E-state index in [0.29, 0.717) is 19.3 Å². The summed E-state index contributed by atoms with van der Waals surface area (Å²) < 4.78 is 16.7. The summed E-state index contributed by atoms with van der Waals surface area (Å²) in [4.78, 5) is 37.8. The minimum Gasteiger partial charge on any atom is -0.462 e. The summed E-state index contributed by atoms with van der Waals surface area (Å²) >= 11 is 0. The Hall–Kier alpha value is -1.59. The molecule has 0 unspecified atom stereocenters. The normalized spacial score (nSPS) is 11.9. The van der Waals surface area contributed by atoms with Gasteiger partial charge in [0.2, 0.25) is 0 Å². The van der Waals surface area contributed by atoms with Crippen molar-refractivity contribution in [2.45, 2.75) is 297 Å². The fourth-order valence-corrected chi connectivity index (χ4v) is 7.86. The highest BCUT2D eigenvalue weighted by molar-refractivity contribution is 5.71. The maximum atomic E-state index is 12.7. The monoisotopic (exact) mass is 821 g/mol. The summed E-state index contributed by atoms with van der Waals surface area (Å²) in [7, 11) is 0. The quantitative estimate of drug-likeness (QED) is 0.0346. The third-order valence-electron chi connectivity index (χ3n) is 11.8. The summed E-state index contributed by atoms with van der Waals surface area (Å²) in [6.07, 6.45) is 48.2. The zero-order valence-electron chi connectivity index (χ0n) is 39.5. The fourth-order valence-electron chi connectivity index (χ4n) is 7.86. The molecule has 1 atom stereocenters. The molecule has 0 aliphatic heterocycles. The van der Waals surface area contributed by atoms with Crippen LogP contribution in [0.3, 0.4) is 0 Å². The lowest BCUT2D eigenvalue weighted by Gasteiger charge is -2.18. The predicted octanol–water partition coefficient (Wildman–Crippen LogP) is 16.7. The third-order valence-corrected chi connectivity index (χ3v) is 11.8. The average Bonchev–Trinajstić information content (AvgIpc) is 3.21. The SMILES string of the molecule is CCCCCCCCCCCCCCCCCCCCC(=O)OC[C@@H](COC(=O)CCCCCCCCCCCCCCC(C)C)OC(=O)CCCCCCCCC. The van der Waals surface area contributed by atoms with Gasteiger partial charge in [-0.3, -0.25) is 14.4 Å². The van der Waals surface area contributed by atoms with Crippen molar-refractivity contribution in [2.75, 3.05) is 13.2 Å². The molecule has 0 aromatic heterocycles. The number of ether oxygens (including phenoxy) is 3. The van der Waals surface area contributed by atoms with Crippen LogP contribution < -0.4 is 0 Å². The van der Waals surface area contributed by atoms with E-state index in [2.05, 4.69) is 27.7 Å². The van der Waals surface area contributed by atoms with Crippen molar-refractivity contribution >= 4 is 17.9 Å². The van der Waals surface area contributed by atoms with Gasteiger partial charge in [-0.1, -0.05) is 252 Å². The molecule has 0 saturated heterocycles. The van der Waals surface area contributed by atoms with E-state index < -0.39 is 6.10 Å². The van der Waals surface area contributed by atoms with Gasteiger partial charge in [0.05, 0.1) is 0 Å². The molecule has 0 fully saturated rings. The summed E-state index contributed by atoms with van der Waals surface area (Å²) in [6.45, 7) is 8.99. The van der Waals surface area contributed by atoms with Gasteiger partial charge in [0.25, 0.3) is 0 Å². The second-order valence-electron chi connectivity index (χ2n) is 18.3. The van der Waals surface area contributed by atoms with Crippen molar-refractivity contribution in [3.8, 4) is 0 Å². The van der Waals surface area contributed by atoms with Crippen molar-refractivity contribution in [3.05, 3.63) is 0 Å². The fraction of sp³-hybridized carbons (Fsp3) is 0.942. The molecule has 0 N–H and O–H groups in total. The molecule has 0 aliphatic rings. The molecule has 0 rings (SSSR count). The summed E-state index contributed by atoms with van der Waals surface area (Å²) in [5.74, 6) is -0.0183. The lowest BCUT2D eigenvalue weighted by atomic mass is 10.0. The molecular formula is C52H100O6. The zero-order chi connectivity index (χ0) is 42.4. The van der Waals surface area contributed by atoms with E-state index in [4.69, 9.17) is 14.2 Å². The van der Waals surface area contributed by atoms with Gasteiger partial charge in [0.15, 0.2) is 6.10 Å². The molecule has 6 nitrogen and oxygen atoms in total. The zero-order valence-corrected chi connectivity index (χ0v) is 39.5. The van der Waals surface area contributed by atoms with Crippen LogP contribution in [0.5, 0.6) is 0 Å². The van der Waals surface area contributed by atoms with E-state index in [-0.39, 0.29) is 31.1 Å². The molecule has 0 aromatic rings. The lowest BCUT2D eigenvalue weighted by Crippen LogP contribution is -2.30. The molecule has 58 heavy (non-hydrogen) atoms. The van der Waals surface area contributed by atoms with E-state index in [0.717, 1.165) is 63.7 Å². The van der Waals surface area contributed by atoms with Crippen molar-refractivity contribution in [2.24, 2.45) is 5.92 Å². The lowest BCUT2D eigenvalue weighted by molar-refractivity contribution is -0.167. The van der Waals surface area contributed by atoms with Crippen LogP contribution in [0.2, 0.25) is 0 Å². The standard InChI is InChI=1S/C52H100O6/c1-5-7-9-11-13-14-15-16-17-18-19-20-21-25-28-32-35-39-43-50(53)56-46-49(58-52(55)45-41-37-30-12-10-8-6-2)47-57-51(54)44-40-36-33-29-26-23-22-24-27-31-34-38-42-48(3)4/h48-49H,5-47H2,1-4H3/t49-/m0/s1. The van der Waals surface area contributed by atoms with Gasteiger partial charge < -0.3 is 14.2 Å². The van der Waals surface area contributed by atoms with E-state index in [1.807, 2.05) is 0 Å². The van der Waals surface area contributed by atoms with E-state index in [9.17, 15) is 14.4 Å². The number of unbranched alkanes of at least 4 members (excludes halogenated alkanes) is 34. The maximum Gasteiger partial charge on any atom is 0.306 e. The molecule has 0 amide bonds. The first kappa shape index (κ1) is 56.4. The van der Waals surface area contributed by atoms with Crippen molar-refractivity contribution < 1.29 is 28.6 Å². The van der Waals surface area contributed by atoms with Gasteiger partial charge >= 0.3 is 17.9 Å². The van der Waals surface area contributed by atoms with Gasteiger partial charge in [0, 0.05) is 19.3 Å². The molecular weight excluding hydrogens is 721 g/mol. The highest BCUT2D eigenvalue weighted by Crippen LogP contribution is 2.17. The van der Waals surface area contributed by atoms with E-state index >= 15 is 0 Å². The van der Waals surface area contributed by atoms with Crippen LogP contribution in [0, 0.1) is 5.92 Å². The average molecular weight is 821 g/mol. The highest BCUT2D eigenvalue weighted by Gasteiger charge is 2.19. The van der Waals surface area contributed by atoms with Gasteiger partial charge in [-0.05, 0) is 25.2 Å². The number of hydrogen-bond acceptors (Lipinski definition) is 6. The number of carbonyl (C=O) groups excluding carboxylic acids is 3. The van der Waals surface area contributed by atoms with Gasteiger partial charge in [-0.25, -0.2) is 0 Å². The van der Waals surface area contributed by atoms with Crippen LogP contribution in [0.1, 0.15) is 291 Å². The Balaban J connectivity index is 4.15.